The van der Waals surface area contributed by atoms with Gasteiger partial charge in [-0.25, -0.2) is 0 Å². The molecule has 0 amide bonds. The number of carbonyl (C=O) groups excluding carboxylic acids is 1. The molecule has 2 fully saturated rings. The number of hydrogen-bond acceptors (Lipinski definition) is 2. The Hall–Kier alpha value is -0.153. The highest BCUT2D eigenvalue weighted by molar-refractivity contribution is 6.74. The Morgan fingerprint density at radius 3 is 2.33 bits per heavy atom. The van der Waals surface area contributed by atoms with E-state index in [2.05, 4.69) is 40.8 Å². The first-order chi connectivity index (χ1) is 8.08. The van der Waals surface area contributed by atoms with Crippen molar-refractivity contribution < 1.29 is 9.22 Å². The van der Waals surface area contributed by atoms with Crippen molar-refractivity contribution in [3.63, 3.8) is 0 Å². The lowest BCUT2D eigenvalue weighted by Gasteiger charge is -2.40. The van der Waals surface area contributed by atoms with Crippen molar-refractivity contribution in [1.82, 2.24) is 0 Å². The number of ketones is 1. The number of rotatable bonds is 3. The zero-order chi connectivity index (χ0) is 13.8. The predicted octanol–water partition coefficient (Wildman–Crippen LogP) is 4.01. The lowest BCUT2D eigenvalue weighted by Crippen LogP contribution is -2.44. The largest absolute Gasteiger partial charge is 0.416 e. The zero-order valence-corrected chi connectivity index (χ0v) is 13.8. The highest BCUT2D eigenvalue weighted by Crippen LogP contribution is 2.56. The minimum atomic E-state index is -1.68. The van der Waals surface area contributed by atoms with Gasteiger partial charge in [-0.3, -0.25) is 4.79 Å². The summed E-state index contributed by atoms with van der Waals surface area (Å²) in [5.41, 5.74) is 0.132. The Morgan fingerprint density at radius 2 is 1.94 bits per heavy atom. The maximum absolute atomic E-state index is 11.9. The van der Waals surface area contributed by atoms with E-state index in [0.29, 0.717) is 11.7 Å². The normalized spacial score (nSPS) is 36.4. The third kappa shape index (κ3) is 2.09. The average Bonchev–Trinajstić information content (AvgIpc) is 2.65. The molecular weight excluding hydrogens is 240 g/mol. The van der Waals surface area contributed by atoms with Crippen molar-refractivity contribution in [2.75, 3.05) is 6.61 Å². The highest BCUT2D eigenvalue weighted by atomic mass is 28.4. The van der Waals surface area contributed by atoms with Gasteiger partial charge in [0.2, 0.25) is 0 Å². The smallest absolute Gasteiger partial charge is 0.192 e. The Kier molecular flexibility index (Phi) is 3.30. The topological polar surface area (TPSA) is 26.3 Å². The lowest BCUT2D eigenvalue weighted by molar-refractivity contribution is -0.122. The zero-order valence-electron chi connectivity index (χ0n) is 12.8. The Labute approximate surface area is 113 Å². The average molecular weight is 268 g/mol. The van der Waals surface area contributed by atoms with Crippen LogP contribution in [0.1, 0.15) is 47.0 Å². The quantitative estimate of drug-likeness (QED) is 0.723. The molecule has 0 heterocycles. The van der Waals surface area contributed by atoms with E-state index in [1.807, 2.05) is 0 Å². The monoisotopic (exact) mass is 268 g/mol. The molecule has 0 spiro atoms. The van der Waals surface area contributed by atoms with Crippen molar-refractivity contribution in [1.29, 1.82) is 0 Å². The second-order valence-corrected chi connectivity index (χ2v) is 12.9. The molecule has 0 aliphatic heterocycles. The second kappa shape index (κ2) is 4.17. The van der Waals surface area contributed by atoms with Crippen molar-refractivity contribution in [2.45, 2.75) is 65.1 Å². The third-order valence-electron chi connectivity index (χ3n) is 5.92. The molecule has 18 heavy (non-hydrogen) atoms. The summed E-state index contributed by atoms with van der Waals surface area (Å²) in [6.07, 6.45) is 3.14. The van der Waals surface area contributed by atoms with Crippen LogP contribution in [0.15, 0.2) is 0 Å². The van der Waals surface area contributed by atoms with Gasteiger partial charge in [-0.15, -0.1) is 0 Å². The molecule has 3 heteroatoms. The molecule has 2 aliphatic carbocycles. The first kappa shape index (κ1) is 14.3. The maximum Gasteiger partial charge on any atom is 0.192 e. The van der Waals surface area contributed by atoms with E-state index in [-0.39, 0.29) is 16.4 Å². The summed E-state index contributed by atoms with van der Waals surface area (Å²) in [4.78, 5) is 11.9. The molecule has 2 aliphatic rings. The van der Waals surface area contributed by atoms with Gasteiger partial charge in [0.15, 0.2) is 8.32 Å². The molecule has 2 saturated carbocycles. The molecule has 0 radical (unpaired) electrons. The van der Waals surface area contributed by atoms with E-state index in [9.17, 15) is 4.79 Å². The van der Waals surface area contributed by atoms with Crippen LogP contribution < -0.4 is 0 Å². The molecule has 0 N–H and O–H groups in total. The van der Waals surface area contributed by atoms with Crippen LogP contribution in [0.25, 0.3) is 0 Å². The van der Waals surface area contributed by atoms with Crippen LogP contribution in [0, 0.1) is 17.3 Å². The number of fused-ring (bicyclic) bond motifs is 2. The van der Waals surface area contributed by atoms with Gasteiger partial charge in [-0.05, 0) is 36.9 Å². The van der Waals surface area contributed by atoms with Crippen LogP contribution in [0.4, 0.5) is 0 Å². The summed E-state index contributed by atoms with van der Waals surface area (Å²) in [6.45, 7) is 14.5. The SMILES string of the molecule is CC1(CO[Si](C)(C)C(C)(C)C)C2CCC1C(=O)C2. The standard InChI is InChI=1S/C15H28O2Si/c1-14(2,3)18(5,6)17-10-15(4)11-7-8-12(15)13(16)9-11/h11-12H,7-10H2,1-6H3. The van der Waals surface area contributed by atoms with Gasteiger partial charge in [0.05, 0.1) is 0 Å². The number of carbonyl (C=O) groups is 1. The van der Waals surface area contributed by atoms with Crippen LogP contribution in [0.3, 0.4) is 0 Å². The van der Waals surface area contributed by atoms with E-state index >= 15 is 0 Å². The molecule has 0 aromatic carbocycles. The molecule has 2 nitrogen and oxygen atoms in total. The Balaban J connectivity index is 2.05. The lowest BCUT2D eigenvalue weighted by atomic mass is 9.80. The van der Waals surface area contributed by atoms with Gasteiger partial charge >= 0.3 is 0 Å². The van der Waals surface area contributed by atoms with Crippen molar-refractivity contribution in [2.24, 2.45) is 17.3 Å². The van der Waals surface area contributed by atoms with Gasteiger partial charge in [0, 0.05) is 24.4 Å². The minimum absolute atomic E-state index is 0.132. The van der Waals surface area contributed by atoms with Crippen LogP contribution in [0.2, 0.25) is 18.1 Å². The molecule has 3 atom stereocenters. The van der Waals surface area contributed by atoms with Crippen LogP contribution in [0.5, 0.6) is 0 Å². The third-order valence-corrected chi connectivity index (χ3v) is 10.4. The summed E-state index contributed by atoms with van der Waals surface area (Å²) >= 11 is 0. The number of Topliss-reactive ketones (excluding diaryl/α,β-unsaturated/α-hetero) is 1. The van der Waals surface area contributed by atoms with Crippen LogP contribution in [-0.4, -0.2) is 20.7 Å². The fraction of sp³-hybridized carbons (Fsp3) is 0.933. The first-order valence-corrected chi connectivity index (χ1v) is 10.2. The Morgan fingerprint density at radius 1 is 1.33 bits per heavy atom. The summed E-state index contributed by atoms with van der Waals surface area (Å²) in [5, 5.41) is 0.255. The van der Waals surface area contributed by atoms with E-state index in [4.69, 9.17) is 4.43 Å². The van der Waals surface area contributed by atoms with Gasteiger partial charge in [0.25, 0.3) is 0 Å². The predicted molar refractivity (Wildman–Crippen MR) is 77.1 cm³/mol. The minimum Gasteiger partial charge on any atom is -0.416 e. The van der Waals surface area contributed by atoms with E-state index in [1.54, 1.807) is 0 Å². The molecule has 2 rings (SSSR count). The molecule has 3 unspecified atom stereocenters. The summed E-state index contributed by atoms with van der Waals surface area (Å²) < 4.78 is 6.40. The van der Waals surface area contributed by atoms with Crippen molar-refractivity contribution >= 4 is 14.1 Å². The van der Waals surface area contributed by atoms with Crippen molar-refractivity contribution in [3.05, 3.63) is 0 Å². The highest BCUT2D eigenvalue weighted by Gasteiger charge is 2.56. The molecule has 2 bridgehead atoms. The molecule has 0 aromatic heterocycles. The molecule has 0 aromatic rings. The van der Waals surface area contributed by atoms with E-state index in [1.165, 1.54) is 6.42 Å². The van der Waals surface area contributed by atoms with E-state index in [0.717, 1.165) is 19.4 Å². The summed E-state index contributed by atoms with van der Waals surface area (Å²) in [7, 11) is -1.68. The van der Waals surface area contributed by atoms with Gasteiger partial charge < -0.3 is 4.43 Å². The Bertz CT molecular complexity index is 356. The van der Waals surface area contributed by atoms with Gasteiger partial charge in [-0.1, -0.05) is 27.7 Å². The molecule has 0 saturated heterocycles. The summed E-state index contributed by atoms with van der Waals surface area (Å²) in [5.74, 6) is 1.36. The van der Waals surface area contributed by atoms with Gasteiger partial charge in [-0.2, -0.15) is 0 Å². The van der Waals surface area contributed by atoms with Crippen LogP contribution in [-0.2, 0) is 9.22 Å². The fourth-order valence-corrected chi connectivity index (χ4v) is 4.44. The second-order valence-electron chi connectivity index (χ2n) is 8.05. The molecule has 104 valence electrons. The summed E-state index contributed by atoms with van der Waals surface area (Å²) in [6, 6.07) is 0. The van der Waals surface area contributed by atoms with Crippen molar-refractivity contribution in [3.8, 4) is 0 Å². The van der Waals surface area contributed by atoms with Gasteiger partial charge in [0.1, 0.15) is 5.78 Å². The van der Waals surface area contributed by atoms with Crippen LogP contribution >= 0.6 is 0 Å². The van der Waals surface area contributed by atoms with E-state index < -0.39 is 8.32 Å². The fourth-order valence-electron chi connectivity index (χ4n) is 3.33. The number of hydrogen-bond donors (Lipinski definition) is 0. The molecular formula is C15H28O2Si. The first-order valence-electron chi connectivity index (χ1n) is 7.24. The maximum atomic E-state index is 11.9.